The number of hydrogen-bond acceptors (Lipinski definition) is 6. The molecule has 0 aliphatic heterocycles. The quantitative estimate of drug-likeness (QED) is 0.261. The van der Waals surface area contributed by atoms with E-state index in [2.05, 4.69) is 10.6 Å². The molecule has 0 aliphatic rings. The third kappa shape index (κ3) is 6.92. The number of amides is 2. The third-order valence-corrected chi connectivity index (χ3v) is 4.26. The van der Waals surface area contributed by atoms with Gasteiger partial charge in [0.2, 0.25) is 0 Å². The molecule has 5 N–H and O–H groups in total. The Kier molecular flexibility index (Phi) is 7.11. The lowest BCUT2D eigenvalue weighted by Crippen LogP contribution is -2.14. The summed E-state index contributed by atoms with van der Waals surface area (Å²) in [6.07, 6.45) is 0.715. The summed E-state index contributed by atoms with van der Waals surface area (Å²) in [6, 6.07) is 22.7. The predicted octanol–water partition coefficient (Wildman–Crippen LogP) is 4.02. The standard InChI is InChI=1S/C22H17N3O3.CH4O3S/c23-17-6-2-3-7-18(17)25-21(26)14-9-11-16(12-10-14)24-22(27)20-13-15-5-1-4-8-19(15)28-20;1-5(2,3)4/h1-13H,23H2,(H,24,27)(H,25,26);1H3,(H,2,3,4). The summed E-state index contributed by atoms with van der Waals surface area (Å²) in [5.74, 6) is -0.416. The van der Waals surface area contributed by atoms with Crippen molar-refractivity contribution in [3.05, 3.63) is 90.2 Å². The van der Waals surface area contributed by atoms with Gasteiger partial charge in [-0.25, -0.2) is 0 Å². The average Bonchev–Trinajstić information content (AvgIpc) is 3.19. The number of nitrogens with one attached hydrogen (secondary N) is 2. The molecular weight excluding hydrogens is 446 g/mol. The highest BCUT2D eigenvalue weighted by molar-refractivity contribution is 7.85. The fourth-order valence-corrected chi connectivity index (χ4v) is 2.80. The highest BCUT2D eigenvalue weighted by Gasteiger charge is 2.13. The molecule has 0 bridgehead atoms. The number of furan rings is 1. The Morgan fingerprint density at radius 3 is 2.12 bits per heavy atom. The molecule has 0 saturated heterocycles. The van der Waals surface area contributed by atoms with Gasteiger partial charge in [-0.15, -0.1) is 0 Å². The molecule has 1 heterocycles. The minimum absolute atomic E-state index is 0.225. The van der Waals surface area contributed by atoms with Crippen LogP contribution in [0.15, 0.2) is 83.3 Å². The van der Waals surface area contributed by atoms with Gasteiger partial charge in [0, 0.05) is 16.6 Å². The number of fused-ring (bicyclic) bond motifs is 1. The Hall–Kier alpha value is -4.15. The van der Waals surface area contributed by atoms with Crippen LogP contribution in [0.1, 0.15) is 20.9 Å². The Labute approximate surface area is 190 Å². The van der Waals surface area contributed by atoms with E-state index in [1.165, 1.54) is 0 Å². The number of carbonyl (C=O) groups excluding carboxylic acids is 2. The SMILES string of the molecule is CS(=O)(=O)O.Nc1ccccc1NC(=O)c1ccc(NC(=O)c2cc3ccccc3o2)cc1. The van der Waals surface area contributed by atoms with Crippen molar-refractivity contribution in [1.82, 2.24) is 0 Å². The van der Waals surface area contributed by atoms with Gasteiger partial charge in [0.25, 0.3) is 21.9 Å². The Bertz CT molecular complexity index is 1350. The van der Waals surface area contributed by atoms with Crippen LogP contribution in [0.25, 0.3) is 11.0 Å². The van der Waals surface area contributed by atoms with Crippen LogP contribution in [-0.2, 0) is 10.1 Å². The molecule has 9 nitrogen and oxygen atoms in total. The smallest absolute Gasteiger partial charge is 0.291 e. The first kappa shape index (κ1) is 23.5. The van der Waals surface area contributed by atoms with E-state index in [4.69, 9.17) is 14.7 Å². The molecule has 170 valence electrons. The lowest BCUT2D eigenvalue weighted by Gasteiger charge is -2.08. The van der Waals surface area contributed by atoms with Crippen LogP contribution in [0.2, 0.25) is 0 Å². The number of carbonyl (C=O) groups is 2. The van der Waals surface area contributed by atoms with Crippen molar-refractivity contribution in [3.8, 4) is 0 Å². The zero-order chi connectivity index (χ0) is 24.0. The molecule has 4 rings (SSSR count). The number of hydrogen-bond donors (Lipinski definition) is 4. The van der Waals surface area contributed by atoms with Gasteiger partial charge in [0.15, 0.2) is 5.76 Å². The van der Waals surface area contributed by atoms with Gasteiger partial charge >= 0.3 is 0 Å². The van der Waals surface area contributed by atoms with Gasteiger partial charge in [-0.2, -0.15) is 8.42 Å². The van der Waals surface area contributed by atoms with Gasteiger partial charge in [-0.05, 0) is 48.5 Å². The van der Waals surface area contributed by atoms with Crippen molar-refractivity contribution in [3.63, 3.8) is 0 Å². The summed E-state index contributed by atoms with van der Waals surface area (Å²) in [4.78, 5) is 24.7. The molecule has 0 unspecified atom stereocenters. The largest absolute Gasteiger partial charge is 0.451 e. The minimum Gasteiger partial charge on any atom is -0.451 e. The number of para-hydroxylation sites is 3. The van der Waals surface area contributed by atoms with E-state index in [9.17, 15) is 18.0 Å². The fraction of sp³-hybridized carbons (Fsp3) is 0.0435. The summed E-state index contributed by atoms with van der Waals surface area (Å²) < 4.78 is 31.4. The molecule has 2 amide bonds. The van der Waals surface area contributed by atoms with Crippen molar-refractivity contribution < 1.29 is 27.0 Å². The molecule has 1 aromatic heterocycles. The second-order valence-electron chi connectivity index (χ2n) is 6.95. The monoisotopic (exact) mass is 467 g/mol. The van der Waals surface area contributed by atoms with Gasteiger partial charge < -0.3 is 20.8 Å². The summed E-state index contributed by atoms with van der Waals surface area (Å²) in [5.41, 5.74) is 8.54. The van der Waals surface area contributed by atoms with Crippen LogP contribution < -0.4 is 16.4 Å². The van der Waals surface area contributed by atoms with E-state index in [0.717, 1.165) is 5.39 Å². The van der Waals surface area contributed by atoms with Gasteiger partial charge in [-0.3, -0.25) is 14.1 Å². The van der Waals surface area contributed by atoms with Gasteiger partial charge in [-0.1, -0.05) is 30.3 Å². The molecule has 0 saturated carbocycles. The lowest BCUT2D eigenvalue weighted by atomic mass is 10.1. The van der Waals surface area contributed by atoms with Crippen molar-refractivity contribution >= 4 is 50.0 Å². The van der Waals surface area contributed by atoms with E-state index in [-0.39, 0.29) is 17.6 Å². The first-order valence-corrected chi connectivity index (χ1v) is 11.4. The maximum absolute atomic E-state index is 12.4. The van der Waals surface area contributed by atoms with Crippen LogP contribution in [0.3, 0.4) is 0 Å². The molecule has 0 radical (unpaired) electrons. The van der Waals surface area contributed by atoms with Crippen LogP contribution >= 0.6 is 0 Å². The lowest BCUT2D eigenvalue weighted by molar-refractivity contribution is 0.0997. The molecular formula is C23H21N3O6S. The molecule has 4 aromatic rings. The molecule has 0 atom stereocenters. The second-order valence-corrected chi connectivity index (χ2v) is 8.42. The van der Waals surface area contributed by atoms with Gasteiger partial charge in [0.05, 0.1) is 17.6 Å². The predicted molar refractivity (Wildman–Crippen MR) is 127 cm³/mol. The molecule has 0 fully saturated rings. The van der Waals surface area contributed by atoms with E-state index < -0.39 is 10.1 Å². The van der Waals surface area contributed by atoms with Crippen LogP contribution in [0.4, 0.5) is 17.1 Å². The van der Waals surface area contributed by atoms with Crippen molar-refractivity contribution in [1.29, 1.82) is 0 Å². The number of nitrogens with two attached hydrogens (primary N) is 1. The van der Waals surface area contributed by atoms with E-state index in [1.807, 2.05) is 18.2 Å². The summed E-state index contributed by atoms with van der Waals surface area (Å²) in [5, 5.41) is 6.38. The Morgan fingerprint density at radius 2 is 1.48 bits per heavy atom. The number of rotatable bonds is 4. The van der Waals surface area contributed by atoms with E-state index >= 15 is 0 Å². The van der Waals surface area contributed by atoms with Crippen molar-refractivity contribution in [2.45, 2.75) is 0 Å². The average molecular weight is 468 g/mol. The molecule has 33 heavy (non-hydrogen) atoms. The number of benzene rings is 3. The van der Waals surface area contributed by atoms with Crippen molar-refractivity contribution in [2.24, 2.45) is 0 Å². The van der Waals surface area contributed by atoms with Crippen molar-refractivity contribution in [2.75, 3.05) is 22.6 Å². The maximum atomic E-state index is 12.4. The maximum Gasteiger partial charge on any atom is 0.291 e. The van der Waals surface area contributed by atoms with Crippen LogP contribution in [0.5, 0.6) is 0 Å². The first-order chi connectivity index (χ1) is 15.6. The van der Waals surface area contributed by atoms with Crippen LogP contribution in [-0.4, -0.2) is 31.0 Å². The molecule has 0 aliphatic carbocycles. The summed E-state index contributed by atoms with van der Waals surface area (Å²) in [6.45, 7) is 0. The minimum atomic E-state index is -3.67. The normalized spacial score (nSPS) is 10.7. The van der Waals surface area contributed by atoms with Gasteiger partial charge in [0.1, 0.15) is 5.58 Å². The number of anilines is 3. The Morgan fingerprint density at radius 1 is 0.879 bits per heavy atom. The Balaban J connectivity index is 0.000000555. The van der Waals surface area contributed by atoms with E-state index in [1.54, 1.807) is 60.7 Å². The summed E-state index contributed by atoms with van der Waals surface area (Å²) >= 11 is 0. The molecule has 10 heteroatoms. The third-order valence-electron chi connectivity index (χ3n) is 4.26. The first-order valence-electron chi connectivity index (χ1n) is 9.58. The highest BCUT2D eigenvalue weighted by atomic mass is 32.2. The zero-order valence-electron chi connectivity index (χ0n) is 17.5. The number of nitrogen functional groups attached to an aromatic ring is 1. The fourth-order valence-electron chi connectivity index (χ4n) is 2.80. The summed E-state index contributed by atoms with van der Waals surface area (Å²) in [7, 11) is -3.67. The topological polar surface area (TPSA) is 152 Å². The van der Waals surface area contributed by atoms with Crippen LogP contribution in [0, 0.1) is 0 Å². The highest BCUT2D eigenvalue weighted by Crippen LogP contribution is 2.21. The second kappa shape index (κ2) is 9.98. The molecule has 0 spiro atoms. The zero-order valence-corrected chi connectivity index (χ0v) is 18.3. The van der Waals surface area contributed by atoms with E-state index in [0.29, 0.717) is 34.5 Å². The molecule has 3 aromatic carbocycles.